The number of hydrogen-bond acceptors (Lipinski definition) is 4. The predicted octanol–water partition coefficient (Wildman–Crippen LogP) is 2.95. The highest BCUT2D eigenvalue weighted by molar-refractivity contribution is 7.03. The molecule has 0 amide bonds. The van der Waals surface area contributed by atoms with Crippen LogP contribution in [0.4, 0.5) is 0 Å². The van der Waals surface area contributed by atoms with Crippen molar-refractivity contribution in [3.8, 4) is 0 Å². The standard InChI is InChI=1S/C13H17N3S/c1-10(2)12-5-3-11(4-6-12)7-14-8-13-9-17-16-15-13/h3-6,9-10,14H,7-8H2,1-2H3. The molecule has 0 aliphatic heterocycles. The molecule has 1 N–H and O–H groups in total. The number of rotatable bonds is 5. The Balaban J connectivity index is 1.83. The van der Waals surface area contributed by atoms with Gasteiger partial charge in [-0.3, -0.25) is 0 Å². The van der Waals surface area contributed by atoms with Gasteiger partial charge in [-0.1, -0.05) is 42.6 Å². The van der Waals surface area contributed by atoms with Gasteiger partial charge in [0.15, 0.2) is 0 Å². The van der Waals surface area contributed by atoms with E-state index in [4.69, 9.17) is 0 Å². The second kappa shape index (κ2) is 5.89. The van der Waals surface area contributed by atoms with Crippen LogP contribution in [0.1, 0.15) is 36.6 Å². The summed E-state index contributed by atoms with van der Waals surface area (Å²) in [6, 6.07) is 8.77. The van der Waals surface area contributed by atoms with Gasteiger partial charge in [-0.25, -0.2) is 0 Å². The van der Waals surface area contributed by atoms with Crippen LogP contribution in [-0.4, -0.2) is 9.59 Å². The minimum absolute atomic E-state index is 0.595. The fraction of sp³-hybridized carbons (Fsp3) is 0.385. The van der Waals surface area contributed by atoms with Crippen molar-refractivity contribution in [2.75, 3.05) is 0 Å². The average Bonchev–Trinajstić information content (AvgIpc) is 2.83. The minimum atomic E-state index is 0.595. The first-order valence-corrected chi connectivity index (χ1v) is 6.65. The van der Waals surface area contributed by atoms with Gasteiger partial charge in [0.2, 0.25) is 0 Å². The van der Waals surface area contributed by atoms with E-state index in [2.05, 4.69) is 53.0 Å². The third-order valence-electron chi connectivity index (χ3n) is 2.69. The summed E-state index contributed by atoms with van der Waals surface area (Å²) >= 11 is 1.39. The number of aromatic nitrogens is 2. The molecule has 0 bridgehead atoms. The van der Waals surface area contributed by atoms with Gasteiger partial charge < -0.3 is 5.32 Å². The molecule has 4 heteroatoms. The Kier molecular flexibility index (Phi) is 4.23. The van der Waals surface area contributed by atoms with E-state index in [1.807, 2.05) is 5.38 Å². The fourth-order valence-corrected chi connectivity index (χ4v) is 2.07. The van der Waals surface area contributed by atoms with E-state index in [9.17, 15) is 0 Å². The molecule has 0 atom stereocenters. The van der Waals surface area contributed by atoms with Crippen LogP contribution in [0.15, 0.2) is 29.6 Å². The number of benzene rings is 1. The van der Waals surface area contributed by atoms with Gasteiger partial charge in [0.1, 0.15) is 0 Å². The topological polar surface area (TPSA) is 37.8 Å². The molecule has 2 rings (SSSR count). The molecule has 0 aliphatic carbocycles. The van der Waals surface area contributed by atoms with Crippen molar-refractivity contribution in [2.45, 2.75) is 32.9 Å². The molecule has 0 spiro atoms. The lowest BCUT2D eigenvalue weighted by Gasteiger charge is -2.07. The Morgan fingerprint density at radius 2 is 1.94 bits per heavy atom. The monoisotopic (exact) mass is 247 g/mol. The normalized spacial score (nSPS) is 11.0. The molecule has 0 unspecified atom stereocenters. The van der Waals surface area contributed by atoms with Crippen LogP contribution in [0.2, 0.25) is 0 Å². The predicted molar refractivity (Wildman–Crippen MR) is 71.0 cm³/mol. The van der Waals surface area contributed by atoms with Crippen LogP contribution in [-0.2, 0) is 13.1 Å². The van der Waals surface area contributed by atoms with Crippen molar-refractivity contribution in [3.05, 3.63) is 46.5 Å². The third-order valence-corrected chi connectivity index (χ3v) is 3.24. The maximum absolute atomic E-state index is 3.99. The highest BCUT2D eigenvalue weighted by atomic mass is 32.1. The molecule has 17 heavy (non-hydrogen) atoms. The molecular weight excluding hydrogens is 230 g/mol. The summed E-state index contributed by atoms with van der Waals surface area (Å²) in [6.07, 6.45) is 0. The summed E-state index contributed by atoms with van der Waals surface area (Å²) in [4.78, 5) is 0. The fourth-order valence-electron chi connectivity index (χ4n) is 1.62. The van der Waals surface area contributed by atoms with Crippen molar-refractivity contribution >= 4 is 11.5 Å². The Morgan fingerprint density at radius 3 is 2.53 bits per heavy atom. The van der Waals surface area contributed by atoms with E-state index in [0.29, 0.717) is 5.92 Å². The van der Waals surface area contributed by atoms with Crippen molar-refractivity contribution in [1.29, 1.82) is 0 Å². The molecular formula is C13H17N3S. The Labute approximate surface area is 106 Å². The molecule has 0 saturated heterocycles. The number of hydrogen-bond donors (Lipinski definition) is 1. The lowest BCUT2D eigenvalue weighted by Crippen LogP contribution is -2.12. The van der Waals surface area contributed by atoms with Gasteiger partial charge in [0, 0.05) is 18.5 Å². The quantitative estimate of drug-likeness (QED) is 0.882. The zero-order valence-corrected chi connectivity index (χ0v) is 11.0. The van der Waals surface area contributed by atoms with Crippen molar-refractivity contribution in [1.82, 2.24) is 14.9 Å². The zero-order valence-electron chi connectivity index (χ0n) is 10.2. The summed E-state index contributed by atoms with van der Waals surface area (Å²) in [5, 5.41) is 9.31. The highest BCUT2D eigenvalue weighted by Crippen LogP contribution is 2.14. The van der Waals surface area contributed by atoms with Gasteiger partial charge in [-0.15, -0.1) is 5.10 Å². The second-order valence-corrected chi connectivity index (χ2v) is 5.01. The van der Waals surface area contributed by atoms with Crippen LogP contribution >= 0.6 is 11.5 Å². The van der Waals surface area contributed by atoms with Gasteiger partial charge in [-0.2, -0.15) is 0 Å². The van der Waals surface area contributed by atoms with E-state index in [0.717, 1.165) is 18.8 Å². The van der Waals surface area contributed by atoms with Crippen LogP contribution < -0.4 is 5.32 Å². The lowest BCUT2D eigenvalue weighted by molar-refractivity contribution is 0.677. The Bertz CT molecular complexity index is 434. The molecule has 0 saturated carbocycles. The highest BCUT2D eigenvalue weighted by Gasteiger charge is 1.99. The van der Waals surface area contributed by atoms with Gasteiger partial charge in [-0.05, 0) is 28.6 Å². The van der Waals surface area contributed by atoms with Crippen molar-refractivity contribution in [2.24, 2.45) is 0 Å². The molecule has 0 aliphatic rings. The van der Waals surface area contributed by atoms with E-state index in [1.54, 1.807) is 0 Å². The first-order chi connectivity index (χ1) is 8.25. The van der Waals surface area contributed by atoms with Gasteiger partial charge in [0.25, 0.3) is 0 Å². The summed E-state index contributed by atoms with van der Waals surface area (Å²) in [5.74, 6) is 0.595. The maximum atomic E-state index is 3.99. The van der Waals surface area contributed by atoms with Crippen LogP contribution in [0.25, 0.3) is 0 Å². The Hall–Kier alpha value is -1.26. The van der Waals surface area contributed by atoms with E-state index >= 15 is 0 Å². The number of nitrogens with one attached hydrogen (secondary N) is 1. The summed E-state index contributed by atoms with van der Waals surface area (Å²) in [7, 11) is 0. The number of nitrogens with zero attached hydrogens (tertiary/aromatic N) is 2. The second-order valence-electron chi connectivity index (χ2n) is 4.40. The molecule has 0 radical (unpaired) electrons. The summed E-state index contributed by atoms with van der Waals surface area (Å²) < 4.78 is 3.83. The summed E-state index contributed by atoms with van der Waals surface area (Å²) in [5.41, 5.74) is 3.70. The first kappa shape index (κ1) is 12.2. The largest absolute Gasteiger partial charge is 0.307 e. The zero-order chi connectivity index (χ0) is 12.1. The van der Waals surface area contributed by atoms with Gasteiger partial charge in [0.05, 0.1) is 5.69 Å². The van der Waals surface area contributed by atoms with Crippen molar-refractivity contribution < 1.29 is 0 Å². The molecule has 1 aromatic carbocycles. The molecule has 1 aromatic heterocycles. The van der Waals surface area contributed by atoms with Gasteiger partial charge >= 0.3 is 0 Å². The van der Waals surface area contributed by atoms with E-state index in [1.165, 1.54) is 22.7 Å². The lowest BCUT2D eigenvalue weighted by atomic mass is 10.0. The Morgan fingerprint density at radius 1 is 1.18 bits per heavy atom. The summed E-state index contributed by atoms with van der Waals surface area (Å²) in [6.45, 7) is 6.07. The SMILES string of the molecule is CC(C)c1ccc(CNCc2csnn2)cc1. The van der Waals surface area contributed by atoms with Crippen LogP contribution in [0.3, 0.4) is 0 Å². The molecule has 2 aromatic rings. The average molecular weight is 247 g/mol. The third kappa shape index (κ3) is 3.61. The van der Waals surface area contributed by atoms with E-state index in [-0.39, 0.29) is 0 Å². The smallest absolute Gasteiger partial charge is 0.0893 e. The van der Waals surface area contributed by atoms with Crippen LogP contribution in [0, 0.1) is 0 Å². The van der Waals surface area contributed by atoms with Crippen molar-refractivity contribution in [3.63, 3.8) is 0 Å². The molecule has 3 nitrogen and oxygen atoms in total. The molecule has 90 valence electrons. The first-order valence-electron chi connectivity index (χ1n) is 5.81. The molecule has 1 heterocycles. The van der Waals surface area contributed by atoms with E-state index < -0.39 is 0 Å². The minimum Gasteiger partial charge on any atom is -0.307 e. The molecule has 0 fully saturated rings. The van der Waals surface area contributed by atoms with Crippen LogP contribution in [0.5, 0.6) is 0 Å². The maximum Gasteiger partial charge on any atom is 0.0893 e.